The molecule has 0 unspecified atom stereocenters. The van der Waals surface area contributed by atoms with Crippen molar-refractivity contribution in [2.24, 2.45) is 5.92 Å². The average Bonchev–Trinajstić information content (AvgIpc) is 3.44. The molecule has 0 bridgehead atoms. The number of nitrogens with zero attached hydrogens (tertiary/aromatic N) is 4. The summed E-state index contributed by atoms with van der Waals surface area (Å²) in [5.41, 5.74) is 1.11. The van der Waals surface area contributed by atoms with Gasteiger partial charge in [0.05, 0.1) is 5.56 Å². The van der Waals surface area contributed by atoms with Gasteiger partial charge in [-0.25, -0.2) is 9.78 Å². The zero-order valence-corrected chi connectivity index (χ0v) is 18.3. The van der Waals surface area contributed by atoms with E-state index in [9.17, 15) is 9.59 Å². The van der Waals surface area contributed by atoms with Gasteiger partial charge in [0.1, 0.15) is 16.6 Å². The lowest BCUT2D eigenvalue weighted by molar-refractivity contribution is 0.0240. The molecular formula is C21H29ClN4O3. The minimum atomic E-state index is -0.516. The van der Waals surface area contributed by atoms with Crippen molar-refractivity contribution < 1.29 is 14.3 Å². The maximum absolute atomic E-state index is 13.2. The molecule has 3 aliphatic rings. The number of fused-ring (bicyclic) bond motifs is 1. The van der Waals surface area contributed by atoms with E-state index < -0.39 is 5.60 Å². The highest BCUT2D eigenvalue weighted by atomic mass is 35.5. The number of carbonyl (C=O) groups is 2. The third-order valence-corrected chi connectivity index (χ3v) is 6.09. The van der Waals surface area contributed by atoms with Gasteiger partial charge in [-0.2, -0.15) is 0 Å². The Morgan fingerprint density at radius 1 is 1.24 bits per heavy atom. The molecular weight excluding hydrogens is 392 g/mol. The molecule has 2 fully saturated rings. The number of carbonyl (C=O) groups excluding carboxylic acids is 2. The molecule has 1 aliphatic carbocycles. The summed E-state index contributed by atoms with van der Waals surface area (Å²) in [6, 6.07) is 2.06. The lowest BCUT2D eigenvalue weighted by atomic mass is 10.1. The van der Waals surface area contributed by atoms with Crippen LogP contribution in [0.25, 0.3) is 0 Å². The fraction of sp³-hybridized carbons (Fsp3) is 0.667. The van der Waals surface area contributed by atoms with Crippen molar-refractivity contribution in [2.75, 3.05) is 31.1 Å². The average molecular weight is 421 g/mol. The number of amides is 2. The van der Waals surface area contributed by atoms with Gasteiger partial charge in [0.2, 0.25) is 0 Å². The van der Waals surface area contributed by atoms with E-state index >= 15 is 0 Å². The third-order valence-electron chi connectivity index (χ3n) is 5.89. The molecule has 3 heterocycles. The summed E-state index contributed by atoms with van der Waals surface area (Å²) in [4.78, 5) is 35.8. The van der Waals surface area contributed by atoms with Crippen molar-refractivity contribution in [2.45, 2.75) is 58.7 Å². The van der Waals surface area contributed by atoms with Crippen LogP contribution in [0.15, 0.2) is 6.07 Å². The summed E-state index contributed by atoms with van der Waals surface area (Å²) in [5.74, 6) is 1.30. The van der Waals surface area contributed by atoms with Crippen LogP contribution in [0, 0.1) is 5.92 Å². The number of halogens is 1. The fourth-order valence-corrected chi connectivity index (χ4v) is 4.34. The molecule has 0 N–H and O–H groups in total. The van der Waals surface area contributed by atoms with E-state index in [1.54, 1.807) is 4.90 Å². The molecule has 1 aromatic rings. The molecule has 4 rings (SSSR count). The predicted molar refractivity (Wildman–Crippen MR) is 111 cm³/mol. The minimum Gasteiger partial charge on any atom is -0.444 e. The molecule has 0 radical (unpaired) electrons. The molecule has 1 saturated heterocycles. The number of hydrogen-bond acceptors (Lipinski definition) is 5. The second kappa shape index (κ2) is 7.35. The van der Waals surface area contributed by atoms with Gasteiger partial charge in [0.25, 0.3) is 5.91 Å². The summed E-state index contributed by atoms with van der Waals surface area (Å²) in [5, 5.41) is 0.405. The van der Waals surface area contributed by atoms with Gasteiger partial charge in [-0.3, -0.25) is 4.79 Å². The van der Waals surface area contributed by atoms with E-state index in [1.807, 2.05) is 31.7 Å². The maximum atomic E-state index is 13.2. The van der Waals surface area contributed by atoms with E-state index in [0.717, 1.165) is 5.56 Å². The van der Waals surface area contributed by atoms with E-state index in [-0.39, 0.29) is 18.0 Å². The van der Waals surface area contributed by atoms with E-state index in [2.05, 4.69) is 16.8 Å². The van der Waals surface area contributed by atoms with Crippen LogP contribution in [0.5, 0.6) is 0 Å². The molecule has 7 nitrogen and oxygen atoms in total. The van der Waals surface area contributed by atoms with Gasteiger partial charge in [0, 0.05) is 38.8 Å². The summed E-state index contributed by atoms with van der Waals surface area (Å²) in [6.45, 7) is 10.5. The topological polar surface area (TPSA) is 66.0 Å². The summed E-state index contributed by atoms with van der Waals surface area (Å²) >= 11 is 6.30. The maximum Gasteiger partial charge on any atom is 0.410 e. The number of rotatable bonds is 3. The Kier molecular flexibility index (Phi) is 5.13. The molecule has 158 valence electrons. The zero-order valence-electron chi connectivity index (χ0n) is 17.6. The van der Waals surface area contributed by atoms with Crippen LogP contribution in [0.1, 0.15) is 56.5 Å². The Morgan fingerprint density at radius 2 is 1.90 bits per heavy atom. The molecule has 1 aromatic heterocycles. The smallest absolute Gasteiger partial charge is 0.410 e. The standard InChI is InChI=1S/C21H29ClN4O3/c1-13(14-5-6-14)26-12-15-11-16(22)23-18(17(15)19(26)27)24-7-9-25(10-8-24)20(28)29-21(2,3)4/h11,13-14H,5-10,12H2,1-4H3/t13-/m0/s1. The molecule has 2 amide bonds. The number of aromatic nitrogens is 1. The number of anilines is 1. The minimum absolute atomic E-state index is 0.0492. The van der Waals surface area contributed by atoms with Crippen LogP contribution in [-0.2, 0) is 11.3 Å². The van der Waals surface area contributed by atoms with E-state index in [0.29, 0.717) is 55.2 Å². The SMILES string of the molecule is C[C@@H](C1CC1)N1Cc2cc(Cl)nc(N3CCN(C(=O)OC(C)(C)C)CC3)c2C1=O. The van der Waals surface area contributed by atoms with Gasteiger partial charge >= 0.3 is 6.09 Å². The van der Waals surface area contributed by atoms with Crippen molar-refractivity contribution in [3.63, 3.8) is 0 Å². The second-order valence-electron chi connectivity index (χ2n) is 9.27. The van der Waals surface area contributed by atoms with Crippen LogP contribution in [0.2, 0.25) is 5.15 Å². The molecule has 1 saturated carbocycles. The highest BCUT2D eigenvalue weighted by molar-refractivity contribution is 6.29. The largest absolute Gasteiger partial charge is 0.444 e. The lowest BCUT2D eigenvalue weighted by Gasteiger charge is -2.36. The second-order valence-corrected chi connectivity index (χ2v) is 9.66. The first-order chi connectivity index (χ1) is 13.6. The first-order valence-electron chi connectivity index (χ1n) is 10.4. The van der Waals surface area contributed by atoms with Crippen molar-refractivity contribution in [1.29, 1.82) is 0 Å². The zero-order chi connectivity index (χ0) is 20.9. The van der Waals surface area contributed by atoms with Crippen LogP contribution in [-0.4, -0.2) is 64.6 Å². The van der Waals surface area contributed by atoms with Gasteiger partial charge in [0.15, 0.2) is 0 Å². The number of piperazine rings is 1. The van der Waals surface area contributed by atoms with Gasteiger partial charge in [-0.1, -0.05) is 11.6 Å². The Balaban J connectivity index is 1.50. The van der Waals surface area contributed by atoms with Crippen LogP contribution in [0.3, 0.4) is 0 Å². The molecule has 1 atom stereocenters. The summed E-state index contributed by atoms with van der Waals surface area (Å²) in [7, 11) is 0. The molecule has 0 spiro atoms. The van der Waals surface area contributed by atoms with Gasteiger partial charge in [-0.15, -0.1) is 0 Å². The Labute approximate surface area is 176 Å². The highest BCUT2D eigenvalue weighted by Gasteiger charge is 2.41. The van der Waals surface area contributed by atoms with Gasteiger partial charge in [-0.05, 0) is 58.1 Å². The number of pyridine rings is 1. The van der Waals surface area contributed by atoms with E-state index in [4.69, 9.17) is 16.3 Å². The van der Waals surface area contributed by atoms with E-state index in [1.165, 1.54) is 12.8 Å². The predicted octanol–water partition coefficient (Wildman–Crippen LogP) is 3.55. The lowest BCUT2D eigenvalue weighted by Crippen LogP contribution is -2.50. The first kappa shape index (κ1) is 20.3. The van der Waals surface area contributed by atoms with Crippen molar-refractivity contribution in [3.8, 4) is 0 Å². The van der Waals surface area contributed by atoms with Crippen molar-refractivity contribution in [3.05, 3.63) is 22.3 Å². The molecule has 29 heavy (non-hydrogen) atoms. The quantitative estimate of drug-likeness (QED) is 0.699. The normalized spacial score (nSPS) is 20.7. The van der Waals surface area contributed by atoms with Crippen molar-refractivity contribution >= 4 is 29.4 Å². The molecule has 0 aromatic carbocycles. The van der Waals surface area contributed by atoms with Crippen LogP contribution < -0.4 is 4.90 Å². The monoisotopic (exact) mass is 420 g/mol. The molecule has 2 aliphatic heterocycles. The first-order valence-corrected chi connectivity index (χ1v) is 10.7. The summed E-state index contributed by atoms with van der Waals surface area (Å²) in [6.07, 6.45) is 2.08. The highest BCUT2D eigenvalue weighted by Crippen LogP contribution is 2.40. The third kappa shape index (κ3) is 4.15. The number of ether oxygens (including phenoxy) is 1. The molecule has 8 heteroatoms. The van der Waals surface area contributed by atoms with Crippen molar-refractivity contribution in [1.82, 2.24) is 14.8 Å². The van der Waals surface area contributed by atoms with Crippen LogP contribution in [0.4, 0.5) is 10.6 Å². The summed E-state index contributed by atoms with van der Waals surface area (Å²) < 4.78 is 5.47. The Morgan fingerprint density at radius 3 is 2.48 bits per heavy atom. The number of hydrogen-bond donors (Lipinski definition) is 0. The van der Waals surface area contributed by atoms with Gasteiger partial charge < -0.3 is 19.4 Å². The Hall–Kier alpha value is -2.02. The van der Waals surface area contributed by atoms with Crippen LogP contribution >= 0.6 is 11.6 Å². The fourth-order valence-electron chi connectivity index (χ4n) is 4.12. The Bertz CT molecular complexity index is 826.